The monoisotopic (exact) mass is 281 g/mol. The fraction of sp³-hybridized carbons (Fsp3) is 0.250. The van der Waals surface area contributed by atoms with Gasteiger partial charge < -0.3 is 5.11 Å². The summed E-state index contributed by atoms with van der Waals surface area (Å²) in [5, 5.41) is 15.1. The fourth-order valence-electron chi connectivity index (χ4n) is 1.67. The van der Waals surface area contributed by atoms with E-state index in [-0.39, 0.29) is 17.2 Å². The number of hydrogen-bond donors (Lipinski definition) is 2. The molecule has 1 aromatic heterocycles. The lowest BCUT2D eigenvalue weighted by atomic mass is 10.2. The second-order valence-electron chi connectivity index (χ2n) is 4.19. The van der Waals surface area contributed by atoms with Gasteiger partial charge in [-0.1, -0.05) is 17.7 Å². The highest BCUT2D eigenvalue weighted by Crippen LogP contribution is 2.23. The minimum absolute atomic E-state index is 0.0851. The first kappa shape index (κ1) is 13.6. The molecule has 0 saturated carbocycles. The Labute approximate surface area is 111 Å². The van der Waals surface area contributed by atoms with Crippen molar-refractivity contribution in [3.05, 3.63) is 41.6 Å². The van der Waals surface area contributed by atoms with E-state index in [4.69, 9.17) is 5.11 Å². The smallest absolute Gasteiger partial charge is 0.281 e. The van der Waals surface area contributed by atoms with Gasteiger partial charge in [0.15, 0.2) is 5.03 Å². The Balaban J connectivity index is 2.42. The molecule has 6 nitrogen and oxygen atoms in total. The van der Waals surface area contributed by atoms with Crippen molar-refractivity contribution in [1.82, 2.24) is 10.2 Å². The topological polar surface area (TPSA) is 86.3 Å². The normalized spacial score (nSPS) is 11.5. The van der Waals surface area contributed by atoms with Crippen LogP contribution in [0.4, 0.5) is 5.69 Å². The number of anilines is 1. The minimum atomic E-state index is -3.75. The van der Waals surface area contributed by atoms with Gasteiger partial charge in [0.25, 0.3) is 10.0 Å². The van der Waals surface area contributed by atoms with Crippen molar-refractivity contribution in [2.24, 2.45) is 0 Å². The number of H-pyrrole nitrogens is 1. The van der Waals surface area contributed by atoms with Crippen molar-refractivity contribution < 1.29 is 13.5 Å². The Kier molecular flexibility index (Phi) is 3.59. The summed E-state index contributed by atoms with van der Waals surface area (Å²) in [5.41, 5.74) is 1.84. The molecule has 102 valence electrons. The summed E-state index contributed by atoms with van der Waals surface area (Å²) in [4.78, 5) is 0. The van der Waals surface area contributed by atoms with Crippen molar-refractivity contribution in [3.63, 3.8) is 0 Å². The summed E-state index contributed by atoms with van der Waals surface area (Å²) in [6.07, 6.45) is 1.30. The van der Waals surface area contributed by atoms with E-state index >= 15 is 0 Å². The van der Waals surface area contributed by atoms with Crippen LogP contribution in [0.15, 0.2) is 35.5 Å². The fourth-order valence-corrected chi connectivity index (χ4v) is 2.96. The van der Waals surface area contributed by atoms with Crippen LogP contribution in [0.3, 0.4) is 0 Å². The number of hydrogen-bond acceptors (Lipinski definition) is 4. The molecule has 0 unspecified atom stereocenters. The van der Waals surface area contributed by atoms with E-state index in [0.29, 0.717) is 5.69 Å². The molecule has 0 atom stereocenters. The number of nitrogens with zero attached hydrogens (tertiary/aromatic N) is 2. The average molecular weight is 281 g/mol. The SMILES string of the molecule is Cc1ccc(N(C)S(=O)(=O)c2[nH]ncc2CO)cc1. The largest absolute Gasteiger partial charge is 0.392 e. The van der Waals surface area contributed by atoms with Gasteiger partial charge in [0, 0.05) is 12.6 Å². The molecule has 1 aromatic carbocycles. The van der Waals surface area contributed by atoms with Gasteiger partial charge in [-0.05, 0) is 19.1 Å². The summed E-state index contributed by atoms with van der Waals surface area (Å²) in [5.74, 6) is 0. The molecule has 0 bridgehead atoms. The Morgan fingerprint density at radius 2 is 1.95 bits per heavy atom. The second-order valence-corrected chi connectivity index (χ2v) is 6.10. The van der Waals surface area contributed by atoms with Crippen molar-refractivity contribution in [2.75, 3.05) is 11.4 Å². The van der Waals surface area contributed by atoms with Crippen LogP contribution in [-0.4, -0.2) is 30.8 Å². The molecule has 0 radical (unpaired) electrons. The molecule has 0 fully saturated rings. The molecular weight excluding hydrogens is 266 g/mol. The molecule has 1 heterocycles. The van der Waals surface area contributed by atoms with E-state index in [9.17, 15) is 8.42 Å². The van der Waals surface area contributed by atoms with Crippen LogP contribution in [0.2, 0.25) is 0 Å². The third-order valence-electron chi connectivity index (χ3n) is 2.86. The number of aromatic amines is 1. The Bertz CT molecular complexity index is 662. The number of aliphatic hydroxyl groups excluding tert-OH is 1. The molecule has 2 rings (SSSR count). The summed E-state index contributed by atoms with van der Waals surface area (Å²) in [6, 6.07) is 7.12. The second kappa shape index (κ2) is 5.02. The molecule has 7 heteroatoms. The third kappa shape index (κ3) is 2.47. The number of benzene rings is 1. The molecule has 0 spiro atoms. The van der Waals surface area contributed by atoms with Crippen molar-refractivity contribution in [3.8, 4) is 0 Å². The first-order valence-electron chi connectivity index (χ1n) is 5.65. The van der Waals surface area contributed by atoms with Crippen LogP contribution < -0.4 is 4.31 Å². The lowest BCUT2D eigenvalue weighted by Crippen LogP contribution is -2.27. The van der Waals surface area contributed by atoms with Gasteiger partial charge in [0.05, 0.1) is 18.5 Å². The number of rotatable bonds is 4. The number of nitrogens with one attached hydrogen (secondary N) is 1. The van der Waals surface area contributed by atoms with Crippen LogP contribution in [0.5, 0.6) is 0 Å². The van der Waals surface area contributed by atoms with Gasteiger partial charge in [-0.3, -0.25) is 9.40 Å². The first-order valence-corrected chi connectivity index (χ1v) is 7.09. The minimum Gasteiger partial charge on any atom is -0.392 e. The number of aryl methyl sites for hydroxylation is 1. The van der Waals surface area contributed by atoms with Crippen LogP contribution in [0.25, 0.3) is 0 Å². The van der Waals surface area contributed by atoms with E-state index in [1.54, 1.807) is 12.1 Å². The summed E-state index contributed by atoms with van der Waals surface area (Å²) < 4.78 is 26.0. The predicted octanol–water partition coefficient (Wildman–Crippen LogP) is 1.04. The van der Waals surface area contributed by atoms with E-state index in [2.05, 4.69) is 10.2 Å². The molecule has 0 saturated heterocycles. The standard InChI is InChI=1S/C12H15N3O3S/c1-9-3-5-11(6-4-9)15(2)19(17,18)12-10(8-16)7-13-14-12/h3-7,16H,8H2,1-2H3,(H,13,14). The quantitative estimate of drug-likeness (QED) is 0.876. The third-order valence-corrected chi connectivity index (χ3v) is 4.67. The molecule has 2 aromatic rings. The highest BCUT2D eigenvalue weighted by atomic mass is 32.2. The highest BCUT2D eigenvalue weighted by molar-refractivity contribution is 7.92. The lowest BCUT2D eigenvalue weighted by Gasteiger charge is -2.19. The van der Waals surface area contributed by atoms with Gasteiger partial charge in [0.1, 0.15) is 0 Å². The average Bonchev–Trinajstić information content (AvgIpc) is 2.87. The maximum atomic E-state index is 12.4. The van der Waals surface area contributed by atoms with Crippen LogP contribution in [0.1, 0.15) is 11.1 Å². The number of aromatic nitrogens is 2. The molecule has 2 N–H and O–H groups in total. The molecule has 0 amide bonds. The van der Waals surface area contributed by atoms with Gasteiger partial charge in [-0.15, -0.1) is 0 Å². The van der Waals surface area contributed by atoms with Gasteiger partial charge >= 0.3 is 0 Å². The Morgan fingerprint density at radius 3 is 2.53 bits per heavy atom. The highest BCUT2D eigenvalue weighted by Gasteiger charge is 2.25. The van der Waals surface area contributed by atoms with Crippen molar-refractivity contribution in [1.29, 1.82) is 0 Å². The first-order chi connectivity index (χ1) is 8.96. The van der Waals surface area contributed by atoms with E-state index < -0.39 is 10.0 Å². The van der Waals surface area contributed by atoms with Gasteiger partial charge in [-0.25, -0.2) is 0 Å². The maximum absolute atomic E-state index is 12.4. The summed E-state index contributed by atoms with van der Waals surface area (Å²) in [6.45, 7) is 1.55. The number of sulfonamides is 1. The Morgan fingerprint density at radius 1 is 1.32 bits per heavy atom. The van der Waals surface area contributed by atoms with E-state index in [1.165, 1.54) is 13.2 Å². The molecule has 19 heavy (non-hydrogen) atoms. The van der Waals surface area contributed by atoms with Crippen LogP contribution >= 0.6 is 0 Å². The van der Waals surface area contributed by atoms with Crippen LogP contribution in [-0.2, 0) is 16.6 Å². The molecular formula is C12H15N3O3S. The van der Waals surface area contributed by atoms with Crippen LogP contribution in [0, 0.1) is 6.92 Å². The molecule has 0 aliphatic carbocycles. The molecule has 0 aliphatic rings. The lowest BCUT2D eigenvalue weighted by molar-refractivity contribution is 0.278. The Hall–Kier alpha value is -1.86. The van der Waals surface area contributed by atoms with Gasteiger partial charge in [0.2, 0.25) is 0 Å². The molecule has 0 aliphatic heterocycles. The van der Waals surface area contributed by atoms with E-state index in [0.717, 1.165) is 9.87 Å². The summed E-state index contributed by atoms with van der Waals surface area (Å²) in [7, 11) is -2.29. The zero-order valence-corrected chi connectivity index (χ0v) is 11.5. The van der Waals surface area contributed by atoms with E-state index in [1.807, 2.05) is 19.1 Å². The zero-order valence-electron chi connectivity index (χ0n) is 10.7. The van der Waals surface area contributed by atoms with Crippen molar-refractivity contribution in [2.45, 2.75) is 18.6 Å². The summed E-state index contributed by atoms with van der Waals surface area (Å²) >= 11 is 0. The van der Waals surface area contributed by atoms with Gasteiger partial charge in [-0.2, -0.15) is 13.5 Å². The van der Waals surface area contributed by atoms with Crippen molar-refractivity contribution >= 4 is 15.7 Å². The zero-order chi connectivity index (χ0) is 14.0. The predicted molar refractivity (Wildman–Crippen MR) is 71.3 cm³/mol. The number of aliphatic hydroxyl groups is 1. The maximum Gasteiger partial charge on any atom is 0.281 e.